The second-order valence-corrected chi connectivity index (χ2v) is 10.5. The third kappa shape index (κ3) is 5.00. The number of rotatable bonds is 7. The van der Waals surface area contributed by atoms with Crippen molar-refractivity contribution in [1.82, 2.24) is 24.7 Å². The Balaban J connectivity index is 1.50. The second-order valence-electron chi connectivity index (χ2n) is 9.36. The molecule has 190 valence electrons. The van der Waals surface area contributed by atoms with Gasteiger partial charge in [-0.3, -0.25) is 9.88 Å². The molecule has 2 aliphatic heterocycles. The molecule has 2 unspecified atom stereocenters. The summed E-state index contributed by atoms with van der Waals surface area (Å²) in [6, 6.07) is 14.0. The number of nitrogens with zero attached hydrogens (tertiary/aromatic N) is 4. The van der Waals surface area contributed by atoms with Gasteiger partial charge in [0.1, 0.15) is 0 Å². The van der Waals surface area contributed by atoms with Gasteiger partial charge >= 0.3 is 0 Å². The SMILES string of the molecule is Cc1cc(C2C(c3ccccn3)NC(=S)N2CCCN2CCOCC2)c(C)n1-c1cccc(Cl)c1Cl. The first-order chi connectivity index (χ1) is 17.5. The molecule has 2 atom stereocenters. The summed E-state index contributed by atoms with van der Waals surface area (Å²) in [6.07, 6.45) is 2.86. The molecule has 3 aromatic rings. The van der Waals surface area contributed by atoms with Crippen LogP contribution in [0, 0.1) is 13.8 Å². The maximum absolute atomic E-state index is 6.64. The van der Waals surface area contributed by atoms with Gasteiger partial charge in [0, 0.05) is 43.8 Å². The minimum absolute atomic E-state index is 0.00926. The highest BCUT2D eigenvalue weighted by Gasteiger charge is 2.41. The number of ether oxygens (including phenoxy) is 1. The summed E-state index contributed by atoms with van der Waals surface area (Å²) in [5, 5.41) is 5.44. The van der Waals surface area contributed by atoms with Crippen LogP contribution in [0.1, 0.15) is 41.1 Å². The van der Waals surface area contributed by atoms with Crippen LogP contribution in [0.4, 0.5) is 0 Å². The van der Waals surface area contributed by atoms with Gasteiger partial charge in [-0.05, 0) is 68.4 Å². The van der Waals surface area contributed by atoms with Crippen LogP contribution in [0.2, 0.25) is 10.0 Å². The van der Waals surface area contributed by atoms with Gasteiger partial charge in [0.15, 0.2) is 5.11 Å². The van der Waals surface area contributed by atoms with Gasteiger partial charge in [-0.1, -0.05) is 35.3 Å². The number of hydrogen-bond acceptors (Lipinski definition) is 4. The van der Waals surface area contributed by atoms with Crippen molar-refractivity contribution in [2.75, 3.05) is 39.4 Å². The quantitative estimate of drug-likeness (QED) is 0.397. The summed E-state index contributed by atoms with van der Waals surface area (Å²) in [6.45, 7) is 9.74. The maximum Gasteiger partial charge on any atom is 0.170 e. The summed E-state index contributed by atoms with van der Waals surface area (Å²) in [5.41, 5.74) is 5.28. The Morgan fingerprint density at radius 1 is 1.08 bits per heavy atom. The molecule has 2 aromatic heterocycles. The van der Waals surface area contributed by atoms with Gasteiger partial charge in [0.2, 0.25) is 0 Å². The molecule has 0 saturated carbocycles. The van der Waals surface area contributed by atoms with E-state index in [1.807, 2.05) is 36.5 Å². The highest BCUT2D eigenvalue weighted by Crippen LogP contribution is 2.42. The number of halogens is 2. The smallest absolute Gasteiger partial charge is 0.170 e. The topological polar surface area (TPSA) is 45.6 Å². The van der Waals surface area contributed by atoms with Crippen LogP contribution in [0.3, 0.4) is 0 Å². The molecule has 0 bridgehead atoms. The summed E-state index contributed by atoms with van der Waals surface area (Å²) in [7, 11) is 0. The van der Waals surface area contributed by atoms with E-state index in [1.54, 1.807) is 0 Å². The number of pyridine rings is 1. The molecule has 9 heteroatoms. The van der Waals surface area contributed by atoms with E-state index in [0.717, 1.165) is 73.7 Å². The Kier molecular flexibility index (Phi) is 7.84. The summed E-state index contributed by atoms with van der Waals surface area (Å²) < 4.78 is 7.69. The number of thiocarbonyl (C=S) groups is 1. The van der Waals surface area contributed by atoms with E-state index in [0.29, 0.717) is 10.0 Å². The minimum atomic E-state index is -0.0501. The Morgan fingerprint density at radius 3 is 2.64 bits per heavy atom. The van der Waals surface area contributed by atoms with Crippen molar-refractivity contribution in [2.45, 2.75) is 32.4 Å². The molecule has 0 aliphatic carbocycles. The van der Waals surface area contributed by atoms with E-state index >= 15 is 0 Å². The Morgan fingerprint density at radius 2 is 1.89 bits per heavy atom. The molecular weight excluding hydrogens is 513 g/mol. The molecule has 2 aliphatic rings. The third-order valence-electron chi connectivity index (χ3n) is 7.14. The highest BCUT2D eigenvalue weighted by molar-refractivity contribution is 7.80. The van der Waals surface area contributed by atoms with Crippen molar-refractivity contribution >= 4 is 40.5 Å². The maximum atomic E-state index is 6.64. The zero-order valence-electron chi connectivity index (χ0n) is 20.6. The third-order valence-corrected chi connectivity index (χ3v) is 8.30. The first-order valence-electron chi connectivity index (χ1n) is 12.4. The van der Waals surface area contributed by atoms with Crippen LogP contribution in [-0.2, 0) is 4.74 Å². The molecule has 2 fully saturated rings. The monoisotopic (exact) mass is 543 g/mol. The summed E-state index contributed by atoms with van der Waals surface area (Å²) >= 11 is 18.9. The zero-order chi connectivity index (χ0) is 25.2. The van der Waals surface area contributed by atoms with Crippen molar-refractivity contribution < 1.29 is 4.74 Å². The van der Waals surface area contributed by atoms with Crippen LogP contribution in [-0.4, -0.2) is 63.9 Å². The van der Waals surface area contributed by atoms with Crippen LogP contribution >= 0.6 is 35.4 Å². The number of nitrogens with one attached hydrogen (secondary N) is 1. The number of aryl methyl sites for hydroxylation is 1. The first kappa shape index (κ1) is 25.5. The predicted molar refractivity (Wildman–Crippen MR) is 149 cm³/mol. The zero-order valence-corrected chi connectivity index (χ0v) is 22.9. The molecule has 36 heavy (non-hydrogen) atoms. The lowest BCUT2D eigenvalue weighted by Crippen LogP contribution is -2.39. The number of hydrogen-bond donors (Lipinski definition) is 1. The van der Waals surface area contributed by atoms with Crippen LogP contribution in [0.25, 0.3) is 5.69 Å². The summed E-state index contributed by atoms with van der Waals surface area (Å²) in [4.78, 5) is 9.49. The molecule has 2 saturated heterocycles. The molecule has 1 N–H and O–H groups in total. The standard InChI is InChI=1S/C27H31Cl2N5OS/c1-18-17-20(19(2)34(18)23-9-5-7-21(28)24(23)29)26-25(22-8-3-4-10-30-22)31-27(36)33(26)12-6-11-32-13-15-35-16-14-32/h3-5,7-10,17,25-26H,6,11-16H2,1-2H3,(H,31,36). The molecule has 0 spiro atoms. The van der Waals surface area contributed by atoms with Crippen molar-refractivity contribution in [2.24, 2.45) is 0 Å². The molecule has 5 rings (SSSR count). The predicted octanol–water partition coefficient (Wildman–Crippen LogP) is 5.49. The molecular formula is C27H31Cl2N5OS. The number of aromatic nitrogens is 2. The van der Waals surface area contributed by atoms with E-state index in [-0.39, 0.29) is 12.1 Å². The Hall–Kier alpha value is -2.16. The molecule has 0 amide bonds. The fraction of sp³-hybridized carbons (Fsp3) is 0.407. The molecule has 4 heterocycles. The van der Waals surface area contributed by atoms with E-state index in [4.69, 9.17) is 40.2 Å². The largest absolute Gasteiger partial charge is 0.379 e. The summed E-state index contributed by atoms with van der Waals surface area (Å²) in [5.74, 6) is 0. The fourth-order valence-corrected chi connectivity index (χ4v) is 6.11. The molecule has 1 aromatic carbocycles. The van der Waals surface area contributed by atoms with Crippen LogP contribution in [0.15, 0.2) is 48.7 Å². The van der Waals surface area contributed by atoms with Gasteiger partial charge in [-0.25, -0.2) is 0 Å². The minimum Gasteiger partial charge on any atom is -0.379 e. The van der Waals surface area contributed by atoms with E-state index < -0.39 is 0 Å². The van der Waals surface area contributed by atoms with Gasteiger partial charge in [0.25, 0.3) is 0 Å². The van der Waals surface area contributed by atoms with Gasteiger partial charge in [-0.2, -0.15) is 0 Å². The Bertz CT molecular complexity index is 1230. The van der Waals surface area contributed by atoms with Gasteiger partial charge in [-0.15, -0.1) is 0 Å². The lowest BCUT2D eigenvalue weighted by atomic mass is 9.96. The normalized spacial score (nSPS) is 20.7. The van der Waals surface area contributed by atoms with Crippen molar-refractivity contribution in [1.29, 1.82) is 0 Å². The number of benzene rings is 1. The second kappa shape index (κ2) is 11.1. The van der Waals surface area contributed by atoms with Crippen LogP contribution < -0.4 is 5.32 Å². The van der Waals surface area contributed by atoms with Gasteiger partial charge in [0.05, 0.1) is 46.7 Å². The number of morpholine rings is 1. The molecule has 6 nitrogen and oxygen atoms in total. The van der Waals surface area contributed by atoms with Gasteiger partial charge < -0.3 is 19.5 Å². The Labute approximate surface area is 228 Å². The van der Waals surface area contributed by atoms with Crippen molar-refractivity contribution in [3.8, 4) is 5.69 Å². The molecule has 0 radical (unpaired) electrons. The van der Waals surface area contributed by atoms with Crippen molar-refractivity contribution in [3.63, 3.8) is 0 Å². The van der Waals surface area contributed by atoms with E-state index in [1.165, 1.54) is 5.56 Å². The lowest BCUT2D eigenvalue weighted by molar-refractivity contribution is 0.0365. The highest BCUT2D eigenvalue weighted by atomic mass is 35.5. The average molecular weight is 545 g/mol. The lowest BCUT2D eigenvalue weighted by Gasteiger charge is -2.30. The van der Waals surface area contributed by atoms with Crippen LogP contribution in [0.5, 0.6) is 0 Å². The van der Waals surface area contributed by atoms with Crippen molar-refractivity contribution in [3.05, 3.63) is 81.4 Å². The average Bonchev–Trinajstić information content (AvgIpc) is 3.37. The fourth-order valence-electron chi connectivity index (χ4n) is 5.40. The van der Waals surface area contributed by atoms with E-state index in [9.17, 15) is 0 Å². The van der Waals surface area contributed by atoms with E-state index in [2.05, 4.69) is 50.6 Å². The first-order valence-corrected chi connectivity index (χ1v) is 13.5.